The van der Waals surface area contributed by atoms with E-state index in [2.05, 4.69) is 21.9 Å². The van der Waals surface area contributed by atoms with E-state index in [0.717, 1.165) is 31.4 Å². The van der Waals surface area contributed by atoms with Crippen LogP contribution in [-0.4, -0.2) is 60.1 Å². The Morgan fingerprint density at radius 3 is 2.26 bits per heavy atom. The number of amides is 1. The summed E-state index contributed by atoms with van der Waals surface area (Å²) in [5.74, 6) is 0.0837. The summed E-state index contributed by atoms with van der Waals surface area (Å²) >= 11 is 6.75. The quantitative estimate of drug-likeness (QED) is 0.200. The molecule has 5 aromatic rings. The standard InChI is InChI=1S/C34H31N7O3S2/c1-23-29(33(44)41(36(23)2)25-13-7-4-8-14-25)40-32(43)27(46-34(40)45)21-26-30(35-28-15-9-10-16-39(28)31(26)42)38-19-17-37(18-20-38)22-24-11-5-3-6-12-24/h3-16,21H,17-20,22H2,1-2H3. The molecule has 3 aromatic heterocycles. The molecule has 0 N–H and O–H groups in total. The summed E-state index contributed by atoms with van der Waals surface area (Å²) in [7, 11) is 1.77. The van der Waals surface area contributed by atoms with E-state index in [9.17, 15) is 14.4 Å². The lowest BCUT2D eigenvalue weighted by Gasteiger charge is -2.36. The largest absolute Gasteiger partial charge is 0.353 e. The molecular weight excluding hydrogens is 619 g/mol. The molecule has 2 aromatic carbocycles. The molecule has 0 saturated carbocycles. The van der Waals surface area contributed by atoms with E-state index in [1.165, 1.54) is 19.5 Å². The SMILES string of the molecule is Cc1c(N2C(=O)C(=Cc3c(N4CCN(Cc5ccccc5)CC4)nc4ccccn4c3=O)SC2=S)c(=O)n(-c2ccccc2)n1C. The number of fused-ring (bicyclic) bond motifs is 1. The Morgan fingerprint density at radius 2 is 1.54 bits per heavy atom. The van der Waals surface area contributed by atoms with E-state index >= 15 is 0 Å². The molecule has 10 nitrogen and oxygen atoms in total. The van der Waals surface area contributed by atoms with Gasteiger partial charge >= 0.3 is 0 Å². The highest BCUT2D eigenvalue weighted by atomic mass is 32.2. The Morgan fingerprint density at radius 1 is 0.870 bits per heavy atom. The molecule has 0 spiro atoms. The molecule has 2 aliphatic rings. The first kappa shape index (κ1) is 29.9. The van der Waals surface area contributed by atoms with Crippen LogP contribution >= 0.6 is 24.0 Å². The van der Waals surface area contributed by atoms with Gasteiger partial charge in [-0.2, -0.15) is 0 Å². The lowest BCUT2D eigenvalue weighted by molar-refractivity contribution is -0.113. The number of nitrogens with zero attached hydrogens (tertiary/aromatic N) is 7. The number of aromatic nitrogens is 4. The van der Waals surface area contributed by atoms with Crippen LogP contribution in [0.15, 0.2) is 99.6 Å². The van der Waals surface area contributed by atoms with Gasteiger partial charge in [0.05, 0.1) is 21.8 Å². The van der Waals surface area contributed by atoms with Crippen molar-refractivity contribution in [3.8, 4) is 5.69 Å². The van der Waals surface area contributed by atoms with Gasteiger partial charge in [-0.15, -0.1) is 0 Å². The summed E-state index contributed by atoms with van der Waals surface area (Å²) in [4.78, 5) is 52.7. The van der Waals surface area contributed by atoms with E-state index in [4.69, 9.17) is 17.2 Å². The highest BCUT2D eigenvalue weighted by molar-refractivity contribution is 8.27. The molecule has 0 aliphatic carbocycles. The van der Waals surface area contributed by atoms with Gasteiger partial charge in [-0.25, -0.2) is 9.67 Å². The molecule has 0 radical (unpaired) electrons. The molecule has 0 bridgehead atoms. The maximum Gasteiger partial charge on any atom is 0.296 e. The molecule has 2 fully saturated rings. The fraction of sp³-hybridized carbons (Fsp3) is 0.206. The minimum atomic E-state index is -0.447. The molecule has 7 rings (SSSR count). The van der Waals surface area contributed by atoms with Crippen LogP contribution in [0, 0.1) is 6.92 Å². The lowest BCUT2D eigenvalue weighted by Crippen LogP contribution is -2.47. The molecule has 46 heavy (non-hydrogen) atoms. The molecule has 2 aliphatic heterocycles. The number of pyridine rings is 1. The maximum atomic E-state index is 14.0. The van der Waals surface area contributed by atoms with Gasteiger partial charge in [0.25, 0.3) is 17.0 Å². The van der Waals surface area contributed by atoms with Gasteiger partial charge in [0.15, 0.2) is 4.32 Å². The van der Waals surface area contributed by atoms with Gasteiger partial charge in [-0.3, -0.25) is 33.3 Å². The number of carbonyl (C=O) groups is 1. The highest BCUT2D eigenvalue weighted by Crippen LogP contribution is 2.37. The zero-order valence-electron chi connectivity index (χ0n) is 25.4. The van der Waals surface area contributed by atoms with Crippen molar-refractivity contribution in [1.82, 2.24) is 23.6 Å². The number of para-hydroxylation sites is 1. The number of thiocarbonyl (C=S) groups is 1. The number of rotatable bonds is 6. The Bertz CT molecular complexity index is 2130. The third-order valence-corrected chi connectivity index (χ3v) is 9.79. The van der Waals surface area contributed by atoms with Crippen molar-refractivity contribution in [2.75, 3.05) is 36.0 Å². The number of benzene rings is 2. The topological polar surface area (TPSA) is 88.1 Å². The maximum absolute atomic E-state index is 14.0. The molecule has 232 valence electrons. The van der Waals surface area contributed by atoms with Crippen LogP contribution in [0.25, 0.3) is 17.4 Å². The predicted molar refractivity (Wildman–Crippen MR) is 187 cm³/mol. The van der Waals surface area contributed by atoms with Gasteiger partial charge in [0, 0.05) is 46.0 Å². The molecule has 12 heteroatoms. The molecule has 0 unspecified atom stereocenters. The number of hydrogen-bond acceptors (Lipinski definition) is 8. The van der Waals surface area contributed by atoms with Gasteiger partial charge in [0.1, 0.15) is 17.2 Å². The van der Waals surface area contributed by atoms with Crippen LogP contribution in [0.2, 0.25) is 0 Å². The fourth-order valence-corrected chi connectivity index (χ4v) is 7.27. The molecular formula is C34H31N7O3S2. The first-order valence-corrected chi connectivity index (χ1v) is 16.2. The summed E-state index contributed by atoms with van der Waals surface area (Å²) in [6.07, 6.45) is 3.27. The van der Waals surface area contributed by atoms with E-state index in [1.54, 1.807) is 43.1 Å². The number of anilines is 2. The van der Waals surface area contributed by atoms with Crippen LogP contribution in [0.5, 0.6) is 0 Å². The number of thioether (sulfide) groups is 1. The second kappa shape index (κ2) is 12.2. The summed E-state index contributed by atoms with van der Waals surface area (Å²) in [6.45, 7) is 5.58. The van der Waals surface area contributed by atoms with Crippen molar-refractivity contribution in [1.29, 1.82) is 0 Å². The molecule has 5 heterocycles. The van der Waals surface area contributed by atoms with Crippen molar-refractivity contribution >= 4 is 57.4 Å². The van der Waals surface area contributed by atoms with Crippen LogP contribution in [0.4, 0.5) is 11.5 Å². The summed E-state index contributed by atoms with van der Waals surface area (Å²) in [5.41, 5.74) is 2.92. The minimum Gasteiger partial charge on any atom is -0.353 e. The second-order valence-electron chi connectivity index (χ2n) is 11.3. The first-order chi connectivity index (χ1) is 22.3. The highest BCUT2D eigenvalue weighted by Gasteiger charge is 2.38. The van der Waals surface area contributed by atoms with E-state index in [1.807, 2.05) is 54.6 Å². The zero-order valence-corrected chi connectivity index (χ0v) is 27.0. The van der Waals surface area contributed by atoms with Crippen molar-refractivity contribution in [3.05, 3.63) is 127 Å². The Hall–Kier alpha value is -4.78. The minimum absolute atomic E-state index is 0.195. The van der Waals surface area contributed by atoms with Crippen molar-refractivity contribution in [3.63, 3.8) is 0 Å². The van der Waals surface area contributed by atoms with Crippen molar-refractivity contribution in [2.45, 2.75) is 13.5 Å². The lowest BCUT2D eigenvalue weighted by atomic mass is 10.2. The van der Waals surface area contributed by atoms with E-state index in [0.29, 0.717) is 41.5 Å². The second-order valence-corrected chi connectivity index (χ2v) is 12.9. The molecule has 0 atom stereocenters. The Kier molecular flexibility index (Phi) is 7.93. The smallest absolute Gasteiger partial charge is 0.296 e. The normalized spacial score (nSPS) is 16.7. The van der Waals surface area contributed by atoms with Gasteiger partial charge in [-0.1, -0.05) is 78.6 Å². The van der Waals surface area contributed by atoms with Gasteiger partial charge in [0.2, 0.25) is 0 Å². The monoisotopic (exact) mass is 649 g/mol. The molecule has 2 saturated heterocycles. The number of hydrogen-bond donors (Lipinski definition) is 0. The van der Waals surface area contributed by atoms with Crippen molar-refractivity contribution < 1.29 is 4.79 Å². The molecule has 1 amide bonds. The van der Waals surface area contributed by atoms with E-state index < -0.39 is 5.91 Å². The number of piperazine rings is 1. The average molecular weight is 650 g/mol. The van der Waals surface area contributed by atoms with E-state index in [-0.39, 0.29) is 26.0 Å². The predicted octanol–water partition coefficient (Wildman–Crippen LogP) is 4.22. The number of carbonyl (C=O) groups excluding carboxylic acids is 1. The Balaban J connectivity index is 1.24. The third-order valence-electron chi connectivity index (χ3n) is 8.49. The third kappa shape index (κ3) is 5.27. The van der Waals surface area contributed by atoms with Gasteiger partial charge < -0.3 is 4.90 Å². The van der Waals surface area contributed by atoms with Gasteiger partial charge in [-0.05, 0) is 42.8 Å². The fourth-order valence-electron chi connectivity index (χ4n) is 6.02. The summed E-state index contributed by atoms with van der Waals surface area (Å²) in [6, 6.07) is 25.0. The van der Waals surface area contributed by atoms with Crippen LogP contribution in [0.1, 0.15) is 16.8 Å². The average Bonchev–Trinajstić information content (AvgIpc) is 3.47. The summed E-state index contributed by atoms with van der Waals surface area (Å²) in [5, 5.41) is 0. The first-order valence-electron chi connectivity index (χ1n) is 15.0. The van der Waals surface area contributed by atoms with Crippen molar-refractivity contribution in [2.24, 2.45) is 7.05 Å². The van der Waals surface area contributed by atoms with Crippen LogP contribution in [-0.2, 0) is 18.4 Å². The zero-order chi connectivity index (χ0) is 31.9. The summed E-state index contributed by atoms with van der Waals surface area (Å²) < 4.78 is 4.95. The Labute approximate surface area is 274 Å². The van der Waals surface area contributed by atoms with Crippen LogP contribution < -0.4 is 20.9 Å². The van der Waals surface area contributed by atoms with Crippen LogP contribution in [0.3, 0.4) is 0 Å².